The summed E-state index contributed by atoms with van der Waals surface area (Å²) in [5.41, 5.74) is 15.9. The first-order chi connectivity index (χ1) is 17.9. The molecule has 1 heterocycles. The minimum Gasteiger partial charge on any atom is -0.256 e. The second-order valence-corrected chi connectivity index (χ2v) is 10.3. The molecule has 9 rings (SSSR count). The molecule has 1 heteroatoms. The molecule has 6 aromatic rings. The van der Waals surface area contributed by atoms with E-state index in [4.69, 9.17) is 4.98 Å². The molecule has 1 atom stereocenters. The van der Waals surface area contributed by atoms with Gasteiger partial charge in [-0.05, 0) is 85.0 Å². The predicted molar refractivity (Wildman–Crippen MR) is 146 cm³/mol. The summed E-state index contributed by atoms with van der Waals surface area (Å²) in [4.78, 5) is 4.90. The molecule has 0 bridgehead atoms. The van der Waals surface area contributed by atoms with E-state index in [1.165, 1.54) is 72.0 Å². The lowest BCUT2D eigenvalue weighted by molar-refractivity contribution is 0.790. The fraction of sp³-hybridized carbons (Fsp3) is 0.0571. The summed E-state index contributed by atoms with van der Waals surface area (Å²) in [5, 5.41) is 2.67. The second kappa shape index (κ2) is 6.38. The van der Waals surface area contributed by atoms with Crippen LogP contribution in [0.15, 0.2) is 115 Å². The van der Waals surface area contributed by atoms with Gasteiger partial charge in [-0.25, -0.2) is 0 Å². The lowest BCUT2D eigenvalue weighted by atomic mass is 9.70. The van der Waals surface area contributed by atoms with Crippen molar-refractivity contribution in [2.45, 2.75) is 11.8 Å². The van der Waals surface area contributed by atoms with Crippen molar-refractivity contribution in [3.05, 3.63) is 149 Å². The van der Waals surface area contributed by atoms with E-state index >= 15 is 0 Å². The zero-order valence-electron chi connectivity index (χ0n) is 19.6. The summed E-state index contributed by atoms with van der Waals surface area (Å²) in [7, 11) is 0. The van der Waals surface area contributed by atoms with E-state index in [1.54, 1.807) is 0 Å². The number of fused-ring (bicyclic) bond motifs is 15. The van der Waals surface area contributed by atoms with Crippen molar-refractivity contribution in [1.29, 1.82) is 0 Å². The summed E-state index contributed by atoms with van der Waals surface area (Å²) in [6, 6.07) is 40.7. The van der Waals surface area contributed by atoms with E-state index in [2.05, 4.69) is 109 Å². The van der Waals surface area contributed by atoms with Gasteiger partial charge in [-0.2, -0.15) is 0 Å². The zero-order valence-corrected chi connectivity index (χ0v) is 19.6. The minimum atomic E-state index is -0.321. The Balaban J connectivity index is 1.43. The second-order valence-electron chi connectivity index (χ2n) is 10.3. The largest absolute Gasteiger partial charge is 0.256 e. The Kier molecular flexibility index (Phi) is 3.33. The van der Waals surface area contributed by atoms with Crippen molar-refractivity contribution in [2.75, 3.05) is 0 Å². The Bertz CT molecular complexity index is 1880. The third-order valence-electron chi connectivity index (χ3n) is 8.73. The van der Waals surface area contributed by atoms with Gasteiger partial charge in [0.2, 0.25) is 0 Å². The summed E-state index contributed by atoms with van der Waals surface area (Å²) in [6.07, 6.45) is 2.91. The van der Waals surface area contributed by atoms with E-state index in [1.807, 2.05) is 6.20 Å². The highest BCUT2D eigenvalue weighted by Crippen LogP contribution is 2.63. The molecule has 0 saturated heterocycles. The van der Waals surface area contributed by atoms with Gasteiger partial charge in [-0.15, -0.1) is 0 Å². The maximum absolute atomic E-state index is 4.90. The van der Waals surface area contributed by atoms with Crippen molar-refractivity contribution < 1.29 is 0 Å². The van der Waals surface area contributed by atoms with Crippen molar-refractivity contribution in [2.24, 2.45) is 0 Å². The molecule has 0 radical (unpaired) electrons. The van der Waals surface area contributed by atoms with E-state index in [0.717, 1.165) is 12.1 Å². The fourth-order valence-corrected chi connectivity index (χ4v) is 7.40. The molecule has 3 aliphatic carbocycles. The van der Waals surface area contributed by atoms with Crippen LogP contribution in [0, 0.1) is 0 Å². The molecule has 0 fully saturated rings. The van der Waals surface area contributed by atoms with Gasteiger partial charge in [0.1, 0.15) is 0 Å². The van der Waals surface area contributed by atoms with Crippen LogP contribution in [0.5, 0.6) is 0 Å². The third kappa shape index (κ3) is 2.04. The van der Waals surface area contributed by atoms with E-state index in [-0.39, 0.29) is 5.41 Å². The molecule has 166 valence electrons. The molecular weight excluding hydrogens is 434 g/mol. The number of nitrogens with zero attached hydrogens (tertiary/aromatic N) is 1. The van der Waals surface area contributed by atoms with Crippen LogP contribution in [0.25, 0.3) is 44.3 Å². The van der Waals surface area contributed by atoms with Gasteiger partial charge in [0.15, 0.2) is 0 Å². The van der Waals surface area contributed by atoms with Crippen LogP contribution < -0.4 is 0 Å². The Morgan fingerprint density at radius 3 is 2.19 bits per heavy atom. The smallest absolute Gasteiger partial charge is 0.0753 e. The molecule has 0 saturated carbocycles. The third-order valence-corrected chi connectivity index (χ3v) is 8.73. The van der Waals surface area contributed by atoms with Gasteiger partial charge in [0.05, 0.1) is 11.1 Å². The van der Waals surface area contributed by atoms with Gasteiger partial charge >= 0.3 is 0 Å². The number of hydrogen-bond donors (Lipinski definition) is 0. The molecule has 1 spiro atoms. The topological polar surface area (TPSA) is 12.9 Å². The van der Waals surface area contributed by atoms with Crippen LogP contribution in [-0.2, 0) is 11.8 Å². The van der Waals surface area contributed by atoms with Gasteiger partial charge in [-0.1, -0.05) is 97.1 Å². The molecular formula is C35H21N. The summed E-state index contributed by atoms with van der Waals surface area (Å²) in [5.74, 6) is 0. The molecule has 1 nitrogen and oxygen atoms in total. The van der Waals surface area contributed by atoms with Gasteiger partial charge < -0.3 is 0 Å². The highest BCUT2D eigenvalue weighted by molar-refractivity contribution is 6.03. The average Bonchev–Trinajstić information content (AvgIpc) is 3.55. The zero-order chi connectivity index (χ0) is 23.4. The number of aromatic nitrogens is 1. The number of benzene rings is 5. The monoisotopic (exact) mass is 455 g/mol. The van der Waals surface area contributed by atoms with Crippen LogP contribution >= 0.6 is 0 Å². The first kappa shape index (κ1) is 18.8. The molecule has 0 aliphatic heterocycles. The van der Waals surface area contributed by atoms with Crippen LogP contribution in [0.3, 0.4) is 0 Å². The van der Waals surface area contributed by atoms with Crippen LogP contribution in [0.2, 0.25) is 0 Å². The Morgan fingerprint density at radius 2 is 1.28 bits per heavy atom. The predicted octanol–water partition coefficient (Wildman–Crippen LogP) is 8.15. The van der Waals surface area contributed by atoms with E-state index in [9.17, 15) is 0 Å². The van der Waals surface area contributed by atoms with Gasteiger partial charge in [0.25, 0.3) is 0 Å². The Morgan fingerprint density at radius 1 is 0.528 bits per heavy atom. The quantitative estimate of drug-likeness (QED) is 0.225. The molecule has 1 unspecified atom stereocenters. The van der Waals surface area contributed by atoms with Crippen LogP contribution in [0.1, 0.15) is 33.4 Å². The lowest BCUT2D eigenvalue weighted by Crippen LogP contribution is -2.26. The number of hydrogen-bond acceptors (Lipinski definition) is 1. The van der Waals surface area contributed by atoms with Crippen LogP contribution in [0.4, 0.5) is 0 Å². The van der Waals surface area contributed by atoms with Crippen molar-refractivity contribution in [3.63, 3.8) is 0 Å². The SMILES string of the molecule is c1ccc2c(c1)-c1cc3c(cc1C21c2ccccc2-c2ncccc21)Cc1ccc2ccccc2c1-3. The normalized spacial score (nSPS) is 17.4. The first-order valence-electron chi connectivity index (χ1n) is 12.7. The first-order valence-corrected chi connectivity index (χ1v) is 12.7. The van der Waals surface area contributed by atoms with E-state index in [0.29, 0.717) is 0 Å². The van der Waals surface area contributed by atoms with Crippen molar-refractivity contribution in [1.82, 2.24) is 4.98 Å². The van der Waals surface area contributed by atoms with Crippen LogP contribution in [-0.4, -0.2) is 4.98 Å². The van der Waals surface area contributed by atoms with Crippen molar-refractivity contribution in [3.8, 4) is 33.5 Å². The number of pyridine rings is 1. The molecule has 1 aromatic heterocycles. The summed E-state index contributed by atoms with van der Waals surface area (Å²) in [6.45, 7) is 0. The standard InChI is InChI=1S/C35H21N/c1-2-9-24-21(8-1)15-16-22-18-23-19-32-28(20-27(23)33(22)24)25-10-3-5-12-29(25)35(32)30-13-6-4-11-26(30)34-31(35)14-7-17-36-34/h1-17,19-20H,18H2. The maximum Gasteiger partial charge on any atom is 0.0753 e. The number of rotatable bonds is 0. The lowest BCUT2D eigenvalue weighted by Gasteiger charge is -2.30. The van der Waals surface area contributed by atoms with Gasteiger partial charge in [-0.3, -0.25) is 4.98 Å². The maximum atomic E-state index is 4.90. The molecule has 0 N–H and O–H groups in total. The highest BCUT2D eigenvalue weighted by Gasteiger charge is 2.52. The molecule has 3 aliphatic rings. The molecule has 36 heavy (non-hydrogen) atoms. The average molecular weight is 456 g/mol. The Hall–Kier alpha value is -4.49. The fourth-order valence-electron chi connectivity index (χ4n) is 7.40. The molecule has 0 amide bonds. The minimum absolute atomic E-state index is 0.321. The van der Waals surface area contributed by atoms with Gasteiger partial charge in [0, 0.05) is 11.8 Å². The Labute approximate surface area is 209 Å². The highest BCUT2D eigenvalue weighted by atomic mass is 14.7. The summed E-state index contributed by atoms with van der Waals surface area (Å²) >= 11 is 0. The molecule has 5 aromatic carbocycles. The van der Waals surface area contributed by atoms with E-state index < -0.39 is 0 Å². The summed E-state index contributed by atoms with van der Waals surface area (Å²) < 4.78 is 0. The van der Waals surface area contributed by atoms with Crippen molar-refractivity contribution >= 4 is 10.8 Å².